The molecule has 1 aromatic carbocycles. The molecule has 1 unspecified atom stereocenters. The molecule has 0 aliphatic carbocycles. The largest absolute Gasteiger partial charge is 0.313 e. The summed E-state index contributed by atoms with van der Waals surface area (Å²) in [5.41, 5.74) is 0.855. The van der Waals surface area contributed by atoms with Crippen molar-refractivity contribution in [3.8, 4) is 0 Å². The van der Waals surface area contributed by atoms with Crippen molar-refractivity contribution in [1.29, 1.82) is 0 Å². The van der Waals surface area contributed by atoms with Crippen molar-refractivity contribution in [2.75, 3.05) is 6.54 Å². The fraction of sp³-hybridized carbons (Fsp3) is 0.625. The molecule has 0 spiro atoms. The highest BCUT2D eigenvalue weighted by Crippen LogP contribution is 2.30. The Morgan fingerprint density at radius 2 is 2.05 bits per heavy atom. The third-order valence-corrected chi connectivity index (χ3v) is 4.01. The van der Waals surface area contributed by atoms with Crippen LogP contribution in [0.1, 0.15) is 46.1 Å². The molecule has 118 valence electrons. The number of nitro benzene ring substituents is 1. The Bertz CT molecular complexity index is 484. The van der Waals surface area contributed by atoms with Crippen molar-refractivity contribution >= 4 is 17.3 Å². The predicted molar refractivity (Wildman–Crippen MR) is 88.0 cm³/mol. The van der Waals surface area contributed by atoms with E-state index in [1.54, 1.807) is 12.1 Å². The van der Waals surface area contributed by atoms with Crippen LogP contribution in [0.2, 0.25) is 5.02 Å². The van der Waals surface area contributed by atoms with E-state index in [1.165, 1.54) is 6.07 Å². The van der Waals surface area contributed by atoms with Gasteiger partial charge in [-0.1, -0.05) is 45.4 Å². The van der Waals surface area contributed by atoms with Gasteiger partial charge < -0.3 is 5.32 Å². The number of benzene rings is 1. The van der Waals surface area contributed by atoms with Gasteiger partial charge in [-0.2, -0.15) is 0 Å². The van der Waals surface area contributed by atoms with Crippen LogP contribution in [-0.2, 0) is 6.42 Å². The number of nitro groups is 1. The van der Waals surface area contributed by atoms with E-state index in [1.807, 2.05) is 0 Å². The zero-order valence-electron chi connectivity index (χ0n) is 13.3. The molecule has 1 N–H and O–H groups in total. The summed E-state index contributed by atoms with van der Waals surface area (Å²) in [6.45, 7) is 9.63. The van der Waals surface area contributed by atoms with E-state index in [0.29, 0.717) is 23.0 Å². The Kier molecular flexibility index (Phi) is 6.62. The van der Waals surface area contributed by atoms with Crippen LogP contribution in [0.4, 0.5) is 5.69 Å². The lowest BCUT2D eigenvalue weighted by Gasteiger charge is -2.32. The molecule has 0 saturated heterocycles. The molecular weight excluding hydrogens is 288 g/mol. The van der Waals surface area contributed by atoms with Crippen LogP contribution in [0, 0.1) is 15.5 Å². The van der Waals surface area contributed by atoms with E-state index >= 15 is 0 Å². The van der Waals surface area contributed by atoms with E-state index < -0.39 is 0 Å². The van der Waals surface area contributed by atoms with Gasteiger partial charge in [-0.15, -0.1) is 0 Å². The van der Waals surface area contributed by atoms with Gasteiger partial charge in [0.15, 0.2) is 0 Å². The van der Waals surface area contributed by atoms with Crippen molar-refractivity contribution in [1.82, 2.24) is 5.32 Å². The molecule has 0 radical (unpaired) electrons. The molecular formula is C16H25ClN2O2. The Morgan fingerprint density at radius 3 is 2.57 bits per heavy atom. The van der Waals surface area contributed by atoms with Crippen LogP contribution in [0.25, 0.3) is 0 Å². The lowest BCUT2D eigenvalue weighted by molar-refractivity contribution is -0.385. The zero-order chi connectivity index (χ0) is 16.0. The molecule has 0 aromatic heterocycles. The minimum absolute atomic E-state index is 0.102. The summed E-state index contributed by atoms with van der Waals surface area (Å²) in [4.78, 5) is 10.8. The van der Waals surface area contributed by atoms with Crippen molar-refractivity contribution < 1.29 is 4.92 Å². The van der Waals surface area contributed by atoms with Gasteiger partial charge in [0, 0.05) is 17.7 Å². The predicted octanol–water partition coefficient (Wildman–Crippen LogP) is 4.60. The summed E-state index contributed by atoms with van der Waals surface area (Å²) in [5.74, 6) is 0. The fourth-order valence-corrected chi connectivity index (χ4v) is 2.68. The quantitative estimate of drug-likeness (QED) is 0.591. The molecule has 0 amide bonds. The number of hydrogen-bond acceptors (Lipinski definition) is 3. The normalized spacial score (nSPS) is 13.2. The van der Waals surface area contributed by atoms with Crippen LogP contribution in [0.3, 0.4) is 0 Å². The molecule has 1 atom stereocenters. The maximum atomic E-state index is 11.1. The minimum Gasteiger partial charge on any atom is -0.313 e. The van der Waals surface area contributed by atoms with Gasteiger partial charge in [-0.05, 0) is 37.3 Å². The molecule has 0 saturated carbocycles. The van der Waals surface area contributed by atoms with Gasteiger partial charge in [0.05, 0.1) is 9.95 Å². The second-order valence-electron chi connectivity index (χ2n) is 6.41. The minimum atomic E-state index is -0.354. The fourth-order valence-electron chi connectivity index (χ4n) is 2.41. The maximum absolute atomic E-state index is 11.1. The van der Waals surface area contributed by atoms with Crippen LogP contribution in [0.5, 0.6) is 0 Å². The molecule has 5 heteroatoms. The molecule has 1 rings (SSSR count). The summed E-state index contributed by atoms with van der Waals surface area (Å²) >= 11 is 6.15. The number of hydrogen-bond donors (Lipinski definition) is 1. The number of halogens is 1. The van der Waals surface area contributed by atoms with Crippen LogP contribution in [-0.4, -0.2) is 17.5 Å². The van der Waals surface area contributed by atoms with E-state index in [4.69, 9.17) is 11.6 Å². The number of nitrogens with one attached hydrogen (secondary N) is 1. The molecule has 4 nitrogen and oxygen atoms in total. The summed E-state index contributed by atoms with van der Waals surface area (Å²) < 4.78 is 0. The lowest BCUT2D eigenvalue weighted by Crippen LogP contribution is -2.41. The number of rotatable bonds is 7. The third-order valence-electron chi connectivity index (χ3n) is 3.66. The maximum Gasteiger partial charge on any atom is 0.274 e. The molecule has 0 fully saturated rings. The lowest BCUT2D eigenvalue weighted by atomic mass is 9.83. The SMILES string of the molecule is CCCNC(CCc1c(Cl)cccc1[N+](=O)[O-])C(C)(C)C. The Morgan fingerprint density at radius 1 is 1.38 bits per heavy atom. The first-order chi connectivity index (χ1) is 9.77. The van der Waals surface area contributed by atoms with Gasteiger partial charge in [-0.25, -0.2) is 0 Å². The first kappa shape index (κ1) is 17.9. The highest BCUT2D eigenvalue weighted by molar-refractivity contribution is 6.31. The Hall–Kier alpha value is -1.13. The molecule has 0 aliphatic rings. The standard InChI is InChI=1S/C16H25ClN2O2/c1-5-11-18-15(16(2,3)4)10-9-12-13(17)7-6-8-14(12)19(20)21/h6-8,15,18H,5,9-11H2,1-4H3. The topological polar surface area (TPSA) is 55.2 Å². The van der Waals surface area contributed by atoms with E-state index in [0.717, 1.165) is 19.4 Å². The van der Waals surface area contributed by atoms with Crippen LogP contribution < -0.4 is 5.32 Å². The zero-order valence-corrected chi connectivity index (χ0v) is 14.0. The van der Waals surface area contributed by atoms with Gasteiger partial charge in [0.2, 0.25) is 0 Å². The molecule has 0 aliphatic heterocycles. The summed E-state index contributed by atoms with van der Waals surface area (Å²) in [6.07, 6.45) is 2.50. The van der Waals surface area contributed by atoms with Crippen molar-refractivity contribution in [2.45, 2.75) is 53.0 Å². The van der Waals surface area contributed by atoms with E-state index in [9.17, 15) is 10.1 Å². The molecule has 0 bridgehead atoms. The third kappa shape index (κ3) is 5.29. The van der Waals surface area contributed by atoms with Crippen LogP contribution >= 0.6 is 11.6 Å². The first-order valence-electron chi connectivity index (χ1n) is 7.42. The molecule has 0 heterocycles. The van der Waals surface area contributed by atoms with Crippen molar-refractivity contribution in [3.05, 3.63) is 38.9 Å². The Labute approximate surface area is 132 Å². The second-order valence-corrected chi connectivity index (χ2v) is 6.81. The van der Waals surface area contributed by atoms with Crippen molar-refractivity contribution in [2.24, 2.45) is 5.41 Å². The Balaban J connectivity index is 2.87. The summed E-state index contributed by atoms with van der Waals surface area (Å²) in [7, 11) is 0. The number of nitrogens with zero attached hydrogens (tertiary/aromatic N) is 1. The smallest absolute Gasteiger partial charge is 0.274 e. The van der Waals surface area contributed by atoms with Crippen LogP contribution in [0.15, 0.2) is 18.2 Å². The molecule has 21 heavy (non-hydrogen) atoms. The first-order valence-corrected chi connectivity index (χ1v) is 7.80. The highest BCUT2D eigenvalue weighted by atomic mass is 35.5. The summed E-state index contributed by atoms with van der Waals surface area (Å²) in [6, 6.07) is 5.16. The van der Waals surface area contributed by atoms with Gasteiger partial charge >= 0.3 is 0 Å². The molecule has 1 aromatic rings. The average molecular weight is 313 g/mol. The van der Waals surface area contributed by atoms with E-state index in [2.05, 4.69) is 33.0 Å². The highest BCUT2D eigenvalue weighted by Gasteiger charge is 2.25. The van der Waals surface area contributed by atoms with Gasteiger partial charge in [0.1, 0.15) is 0 Å². The van der Waals surface area contributed by atoms with Crippen molar-refractivity contribution in [3.63, 3.8) is 0 Å². The average Bonchev–Trinajstić information content (AvgIpc) is 2.38. The van der Waals surface area contributed by atoms with E-state index in [-0.39, 0.29) is 16.0 Å². The van der Waals surface area contributed by atoms with Gasteiger partial charge in [-0.3, -0.25) is 10.1 Å². The van der Waals surface area contributed by atoms with Gasteiger partial charge in [0.25, 0.3) is 5.69 Å². The monoisotopic (exact) mass is 312 g/mol. The second kappa shape index (κ2) is 7.76. The summed E-state index contributed by atoms with van der Waals surface area (Å²) in [5, 5.41) is 15.1.